The summed E-state index contributed by atoms with van der Waals surface area (Å²) in [6.07, 6.45) is 3.28. The summed E-state index contributed by atoms with van der Waals surface area (Å²) in [6, 6.07) is 6.44. The Hall–Kier alpha value is -2.61. The molecule has 0 saturated carbocycles. The van der Waals surface area contributed by atoms with Gasteiger partial charge in [-0.3, -0.25) is 14.8 Å². The van der Waals surface area contributed by atoms with E-state index >= 15 is 0 Å². The van der Waals surface area contributed by atoms with E-state index in [1.54, 1.807) is 30.4 Å². The molecule has 0 spiro atoms. The van der Waals surface area contributed by atoms with Gasteiger partial charge in [-0.05, 0) is 40.2 Å². The maximum absolute atomic E-state index is 13.2. The zero-order valence-corrected chi connectivity index (χ0v) is 14.7. The van der Waals surface area contributed by atoms with Crippen molar-refractivity contribution in [1.82, 2.24) is 9.97 Å². The average Bonchev–Trinajstić information content (AvgIpc) is 2.52. The molecule has 128 valence electrons. The lowest BCUT2D eigenvalue weighted by atomic mass is 10.2. The van der Waals surface area contributed by atoms with Crippen molar-refractivity contribution in [3.8, 4) is 0 Å². The number of nitrogens with zero attached hydrogens (tertiary/aromatic N) is 3. The second-order valence-electron chi connectivity index (χ2n) is 5.41. The molecule has 25 heavy (non-hydrogen) atoms. The van der Waals surface area contributed by atoms with E-state index in [2.05, 4.69) is 31.2 Å². The molecule has 0 aliphatic heterocycles. The van der Waals surface area contributed by atoms with E-state index in [0.29, 0.717) is 11.0 Å². The fourth-order valence-corrected chi connectivity index (χ4v) is 2.75. The molecule has 2 heterocycles. The highest BCUT2D eigenvalue weighted by atomic mass is 79.9. The van der Waals surface area contributed by atoms with Gasteiger partial charge in [0, 0.05) is 35.7 Å². The van der Waals surface area contributed by atoms with Gasteiger partial charge in [0.15, 0.2) is 0 Å². The maximum atomic E-state index is 13.2. The number of pyridine rings is 2. The van der Waals surface area contributed by atoms with Crippen molar-refractivity contribution in [1.29, 1.82) is 0 Å². The van der Waals surface area contributed by atoms with Crippen LogP contribution in [0.4, 0.5) is 20.2 Å². The monoisotopic (exact) mass is 406 g/mol. The topological polar surface area (TPSA) is 58.1 Å². The molecule has 3 rings (SSSR count). The smallest absolute Gasteiger partial charge is 0.243 e. The average molecular weight is 407 g/mol. The number of hydrogen-bond donors (Lipinski definition) is 1. The number of hydrogen-bond acceptors (Lipinski definition) is 4. The molecule has 0 saturated heterocycles. The molecule has 0 atom stereocenters. The molecule has 8 heteroatoms. The largest absolute Gasteiger partial charge is 0.363 e. The van der Waals surface area contributed by atoms with Gasteiger partial charge in [0.2, 0.25) is 5.91 Å². The summed E-state index contributed by atoms with van der Waals surface area (Å²) in [5.41, 5.74) is 2.12. The lowest BCUT2D eigenvalue weighted by Gasteiger charge is -2.20. The predicted octanol–water partition coefficient (Wildman–Crippen LogP) is 3.75. The number of benzene rings is 1. The number of halogens is 3. The summed E-state index contributed by atoms with van der Waals surface area (Å²) in [7, 11) is 1.73. The fraction of sp³-hybridized carbons (Fsp3) is 0.118. The Morgan fingerprint density at radius 3 is 2.64 bits per heavy atom. The number of carbonyl (C=O) groups is 1. The highest BCUT2D eigenvalue weighted by Crippen LogP contribution is 2.24. The lowest BCUT2D eigenvalue weighted by molar-refractivity contribution is -0.114. The van der Waals surface area contributed by atoms with Crippen molar-refractivity contribution < 1.29 is 13.6 Å². The molecule has 0 unspecified atom stereocenters. The van der Waals surface area contributed by atoms with Gasteiger partial charge in [-0.15, -0.1) is 0 Å². The molecule has 1 N–H and O–H groups in total. The van der Waals surface area contributed by atoms with E-state index < -0.39 is 17.5 Å². The van der Waals surface area contributed by atoms with Gasteiger partial charge in [0.05, 0.1) is 17.7 Å². The second-order valence-corrected chi connectivity index (χ2v) is 6.33. The zero-order valence-electron chi connectivity index (χ0n) is 13.1. The van der Waals surface area contributed by atoms with Crippen LogP contribution in [-0.2, 0) is 4.79 Å². The summed E-state index contributed by atoms with van der Waals surface area (Å²) in [5, 5.41) is 2.48. The quantitative estimate of drug-likeness (QED) is 0.716. The Kier molecular flexibility index (Phi) is 4.89. The van der Waals surface area contributed by atoms with Gasteiger partial charge in [-0.1, -0.05) is 0 Å². The fourth-order valence-electron chi connectivity index (χ4n) is 2.43. The number of carbonyl (C=O) groups excluding carboxylic acids is 1. The molecule has 0 fully saturated rings. The summed E-state index contributed by atoms with van der Waals surface area (Å²) in [4.78, 5) is 22.4. The van der Waals surface area contributed by atoms with Crippen molar-refractivity contribution >= 4 is 44.2 Å². The predicted molar refractivity (Wildman–Crippen MR) is 95.5 cm³/mol. The van der Waals surface area contributed by atoms with Crippen LogP contribution in [0, 0.1) is 11.6 Å². The van der Waals surface area contributed by atoms with Crippen LogP contribution in [0.3, 0.4) is 0 Å². The van der Waals surface area contributed by atoms with E-state index in [0.717, 1.165) is 28.4 Å². The Bertz CT molecular complexity index is 931. The highest BCUT2D eigenvalue weighted by molar-refractivity contribution is 9.10. The van der Waals surface area contributed by atoms with Crippen LogP contribution < -0.4 is 10.2 Å². The van der Waals surface area contributed by atoms with Gasteiger partial charge < -0.3 is 10.2 Å². The number of amides is 1. The first-order valence-corrected chi connectivity index (χ1v) is 8.09. The molecule has 1 aromatic carbocycles. The Morgan fingerprint density at radius 1 is 1.20 bits per heavy atom. The van der Waals surface area contributed by atoms with Gasteiger partial charge in [0.25, 0.3) is 0 Å². The van der Waals surface area contributed by atoms with Crippen LogP contribution in [0.25, 0.3) is 11.0 Å². The second kappa shape index (κ2) is 7.10. The molecule has 0 radical (unpaired) electrons. The molecule has 5 nitrogen and oxygen atoms in total. The van der Waals surface area contributed by atoms with Crippen molar-refractivity contribution in [3.05, 3.63) is 58.8 Å². The van der Waals surface area contributed by atoms with Crippen LogP contribution in [0.1, 0.15) is 0 Å². The standard InChI is InChI=1S/C17H13BrF2N4O/c1-24(9-16(25)23-13-6-11(19)5-12(20)7-13)15-2-3-21-14-4-10(18)8-22-17(14)15/h2-8H,9H2,1H3,(H,23,25). The molecular weight excluding hydrogens is 394 g/mol. The minimum absolute atomic E-state index is 0.0189. The van der Waals surface area contributed by atoms with Crippen LogP contribution >= 0.6 is 15.9 Å². The summed E-state index contributed by atoms with van der Waals surface area (Å²) in [5.74, 6) is -1.91. The van der Waals surface area contributed by atoms with E-state index in [4.69, 9.17) is 0 Å². The van der Waals surface area contributed by atoms with Crippen LogP contribution in [-0.4, -0.2) is 29.5 Å². The van der Waals surface area contributed by atoms with Crippen molar-refractivity contribution in [2.24, 2.45) is 0 Å². The molecule has 3 aromatic rings. The van der Waals surface area contributed by atoms with Crippen molar-refractivity contribution in [3.63, 3.8) is 0 Å². The summed E-state index contributed by atoms with van der Waals surface area (Å²) >= 11 is 3.34. The molecule has 1 amide bonds. The van der Waals surface area contributed by atoms with Gasteiger partial charge >= 0.3 is 0 Å². The first kappa shape index (κ1) is 17.2. The number of rotatable bonds is 4. The van der Waals surface area contributed by atoms with E-state index in [1.807, 2.05) is 6.07 Å². The van der Waals surface area contributed by atoms with E-state index in [9.17, 15) is 13.6 Å². The van der Waals surface area contributed by atoms with Crippen LogP contribution in [0.2, 0.25) is 0 Å². The Labute approximate surface area is 150 Å². The SMILES string of the molecule is CN(CC(=O)Nc1cc(F)cc(F)c1)c1ccnc2cc(Br)cnc12. The lowest BCUT2D eigenvalue weighted by Crippen LogP contribution is -2.30. The Morgan fingerprint density at radius 2 is 1.92 bits per heavy atom. The third-order valence-electron chi connectivity index (χ3n) is 3.46. The van der Waals surface area contributed by atoms with Crippen molar-refractivity contribution in [2.45, 2.75) is 0 Å². The third kappa shape index (κ3) is 4.08. The first-order valence-electron chi connectivity index (χ1n) is 7.30. The Balaban J connectivity index is 1.78. The number of nitrogens with one attached hydrogen (secondary N) is 1. The van der Waals surface area contributed by atoms with Crippen LogP contribution in [0.5, 0.6) is 0 Å². The number of fused-ring (bicyclic) bond motifs is 1. The number of anilines is 2. The summed E-state index contributed by atoms with van der Waals surface area (Å²) in [6.45, 7) is -0.0189. The maximum Gasteiger partial charge on any atom is 0.243 e. The molecule has 2 aromatic heterocycles. The van der Waals surface area contributed by atoms with E-state index in [1.165, 1.54) is 0 Å². The highest BCUT2D eigenvalue weighted by Gasteiger charge is 2.13. The molecule has 0 aliphatic carbocycles. The van der Waals surface area contributed by atoms with Gasteiger partial charge in [-0.25, -0.2) is 8.78 Å². The van der Waals surface area contributed by atoms with Gasteiger partial charge in [-0.2, -0.15) is 0 Å². The zero-order chi connectivity index (χ0) is 18.0. The van der Waals surface area contributed by atoms with Gasteiger partial charge in [0.1, 0.15) is 17.2 Å². The van der Waals surface area contributed by atoms with E-state index in [-0.39, 0.29) is 12.2 Å². The number of likely N-dealkylation sites (N-methyl/N-ethyl adjacent to an activating group) is 1. The molecule has 0 aliphatic rings. The summed E-state index contributed by atoms with van der Waals surface area (Å²) < 4.78 is 27.2. The van der Waals surface area contributed by atoms with Crippen molar-refractivity contribution in [2.75, 3.05) is 23.8 Å². The molecule has 0 bridgehead atoms. The first-order chi connectivity index (χ1) is 11.9. The minimum Gasteiger partial charge on any atom is -0.363 e. The minimum atomic E-state index is -0.751. The normalized spacial score (nSPS) is 10.7. The number of aromatic nitrogens is 2. The molecular formula is C17H13BrF2N4O. The van der Waals surface area contributed by atoms with Crippen LogP contribution in [0.15, 0.2) is 47.2 Å². The third-order valence-corrected chi connectivity index (χ3v) is 3.89.